The number of hydrogen-bond acceptors (Lipinski definition) is 5. The van der Waals surface area contributed by atoms with Crippen molar-refractivity contribution in [3.63, 3.8) is 0 Å². The molecular formula is C35H39N3O5S. The predicted molar refractivity (Wildman–Crippen MR) is 173 cm³/mol. The van der Waals surface area contributed by atoms with Gasteiger partial charge in [0.25, 0.3) is 10.0 Å². The first-order chi connectivity index (χ1) is 21.3. The monoisotopic (exact) mass is 613 g/mol. The van der Waals surface area contributed by atoms with Gasteiger partial charge >= 0.3 is 0 Å². The van der Waals surface area contributed by atoms with E-state index < -0.39 is 28.5 Å². The molecule has 0 heterocycles. The fourth-order valence-electron chi connectivity index (χ4n) is 4.99. The van der Waals surface area contributed by atoms with E-state index in [4.69, 9.17) is 4.74 Å². The van der Waals surface area contributed by atoms with Crippen LogP contribution in [0.3, 0.4) is 0 Å². The van der Waals surface area contributed by atoms with E-state index in [1.165, 1.54) is 17.0 Å². The number of amides is 2. The molecular weight excluding hydrogens is 574 g/mol. The van der Waals surface area contributed by atoms with Crippen LogP contribution < -0.4 is 14.4 Å². The molecule has 0 unspecified atom stereocenters. The van der Waals surface area contributed by atoms with Crippen LogP contribution in [0.1, 0.15) is 30.5 Å². The Morgan fingerprint density at radius 1 is 0.818 bits per heavy atom. The van der Waals surface area contributed by atoms with Crippen LogP contribution >= 0.6 is 0 Å². The van der Waals surface area contributed by atoms with Crippen molar-refractivity contribution in [1.82, 2.24) is 10.2 Å². The summed E-state index contributed by atoms with van der Waals surface area (Å²) in [7, 11) is -4.21. The van der Waals surface area contributed by atoms with Gasteiger partial charge in [-0.15, -0.1) is 0 Å². The van der Waals surface area contributed by atoms with E-state index in [2.05, 4.69) is 5.32 Å². The lowest BCUT2D eigenvalue weighted by atomic mass is 10.0. The summed E-state index contributed by atoms with van der Waals surface area (Å²) in [5.74, 6) is -0.506. The first kappa shape index (κ1) is 32.3. The molecule has 0 aromatic heterocycles. The van der Waals surface area contributed by atoms with E-state index >= 15 is 0 Å². The lowest BCUT2D eigenvalue weighted by molar-refractivity contribution is -0.140. The lowest BCUT2D eigenvalue weighted by Gasteiger charge is -2.34. The minimum atomic E-state index is -4.21. The second-order valence-electron chi connectivity index (χ2n) is 10.3. The van der Waals surface area contributed by atoms with Gasteiger partial charge in [0.15, 0.2) is 0 Å². The largest absolute Gasteiger partial charge is 0.492 e. The Morgan fingerprint density at radius 3 is 2.09 bits per heavy atom. The highest BCUT2D eigenvalue weighted by atomic mass is 32.2. The molecule has 0 aliphatic heterocycles. The number of para-hydroxylation sites is 2. The van der Waals surface area contributed by atoms with E-state index in [0.29, 0.717) is 18.9 Å². The molecule has 8 nitrogen and oxygen atoms in total. The van der Waals surface area contributed by atoms with Crippen molar-refractivity contribution in [2.45, 2.75) is 44.7 Å². The number of carbonyl (C=O) groups excluding carboxylic acids is 2. The van der Waals surface area contributed by atoms with Crippen molar-refractivity contribution in [3.8, 4) is 5.75 Å². The van der Waals surface area contributed by atoms with Crippen molar-refractivity contribution >= 4 is 27.5 Å². The van der Waals surface area contributed by atoms with Gasteiger partial charge in [0.2, 0.25) is 11.8 Å². The van der Waals surface area contributed by atoms with Crippen LogP contribution in [0.15, 0.2) is 114 Å². The number of nitrogens with zero attached hydrogens (tertiary/aromatic N) is 2. The molecule has 1 N–H and O–H groups in total. The number of benzene rings is 4. The minimum Gasteiger partial charge on any atom is -0.492 e. The molecule has 0 spiro atoms. The molecule has 44 heavy (non-hydrogen) atoms. The maximum atomic E-state index is 14.5. The number of likely N-dealkylation sites (N-methyl/N-ethyl adjacent to an activating group) is 1. The zero-order valence-corrected chi connectivity index (χ0v) is 26.2. The molecule has 4 aromatic carbocycles. The smallest absolute Gasteiger partial charge is 0.264 e. The van der Waals surface area contributed by atoms with Gasteiger partial charge in [-0.1, -0.05) is 84.9 Å². The Kier molecular flexibility index (Phi) is 11.2. The lowest BCUT2D eigenvalue weighted by Crippen LogP contribution is -2.53. The number of hydrogen-bond donors (Lipinski definition) is 1. The number of rotatable bonds is 14. The molecule has 0 saturated carbocycles. The van der Waals surface area contributed by atoms with Crippen LogP contribution in [0, 0.1) is 6.92 Å². The summed E-state index contributed by atoms with van der Waals surface area (Å²) in [5.41, 5.74) is 2.92. The molecule has 0 bridgehead atoms. The fraction of sp³-hybridized carbons (Fsp3) is 0.257. The van der Waals surface area contributed by atoms with Crippen molar-refractivity contribution in [2.75, 3.05) is 24.0 Å². The van der Waals surface area contributed by atoms with Gasteiger partial charge in [0.05, 0.1) is 17.2 Å². The Morgan fingerprint density at radius 2 is 1.43 bits per heavy atom. The first-order valence-electron chi connectivity index (χ1n) is 14.7. The van der Waals surface area contributed by atoms with Crippen LogP contribution in [-0.2, 0) is 32.6 Å². The van der Waals surface area contributed by atoms with E-state index in [-0.39, 0.29) is 29.5 Å². The highest BCUT2D eigenvalue weighted by Gasteiger charge is 2.35. The highest BCUT2D eigenvalue weighted by Crippen LogP contribution is 2.33. The van der Waals surface area contributed by atoms with Gasteiger partial charge in [0, 0.05) is 19.5 Å². The van der Waals surface area contributed by atoms with Crippen LogP contribution in [-0.4, -0.2) is 50.9 Å². The molecule has 4 aromatic rings. The van der Waals surface area contributed by atoms with Gasteiger partial charge in [-0.25, -0.2) is 8.42 Å². The van der Waals surface area contributed by atoms with Gasteiger partial charge in [-0.3, -0.25) is 13.9 Å². The van der Waals surface area contributed by atoms with Crippen LogP contribution in [0.25, 0.3) is 0 Å². The quantitative estimate of drug-likeness (QED) is 0.207. The Bertz CT molecular complexity index is 1650. The van der Waals surface area contributed by atoms with Crippen LogP contribution in [0.2, 0.25) is 0 Å². The maximum Gasteiger partial charge on any atom is 0.264 e. The molecule has 230 valence electrons. The highest BCUT2D eigenvalue weighted by molar-refractivity contribution is 7.92. The summed E-state index contributed by atoms with van der Waals surface area (Å²) in [5, 5.41) is 2.88. The average Bonchev–Trinajstić information content (AvgIpc) is 3.04. The number of carbonyl (C=O) groups is 2. The summed E-state index contributed by atoms with van der Waals surface area (Å²) in [4.78, 5) is 29.7. The van der Waals surface area contributed by atoms with Crippen molar-refractivity contribution < 1.29 is 22.7 Å². The Labute approximate surface area is 260 Å². The fourth-order valence-corrected chi connectivity index (χ4v) is 6.44. The molecule has 4 rings (SSSR count). The Hall–Kier alpha value is -4.63. The van der Waals surface area contributed by atoms with E-state index in [9.17, 15) is 18.0 Å². The summed E-state index contributed by atoms with van der Waals surface area (Å²) in [6.07, 6.45) is 0.255. The summed E-state index contributed by atoms with van der Waals surface area (Å²) < 4.78 is 35.2. The number of sulfonamides is 1. The standard InChI is InChI=1S/C35H39N3O5S/c1-4-36-35(40)32(24-28-17-8-6-9-18-28)37(25-29-19-13-12-16-27(29)3)34(39)26-38(31-22-14-15-23-33(31)43-5-2)44(41,42)30-20-10-7-11-21-30/h6-23,32H,4-5,24-26H2,1-3H3,(H,36,40)/t32-/m1/s1. The number of ether oxygens (including phenoxy) is 1. The van der Waals surface area contributed by atoms with E-state index in [1.807, 2.05) is 75.4 Å². The summed E-state index contributed by atoms with van der Waals surface area (Å²) in [6.45, 7) is 5.84. The topological polar surface area (TPSA) is 96.0 Å². The van der Waals surface area contributed by atoms with Crippen molar-refractivity contribution in [2.24, 2.45) is 0 Å². The third kappa shape index (κ3) is 7.85. The van der Waals surface area contributed by atoms with Crippen molar-refractivity contribution in [1.29, 1.82) is 0 Å². The van der Waals surface area contributed by atoms with Gasteiger partial charge < -0.3 is 15.0 Å². The first-order valence-corrected chi connectivity index (χ1v) is 16.2. The number of aryl methyl sites for hydroxylation is 1. The van der Waals surface area contributed by atoms with E-state index in [0.717, 1.165) is 21.0 Å². The zero-order valence-electron chi connectivity index (χ0n) is 25.3. The predicted octanol–water partition coefficient (Wildman–Crippen LogP) is 5.37. The SMILES string of the molecule is CCNC(=O)[C@@H](Cc1ccccc1)N(Cc1ccccc1C)C(=O)CN(c1ccccc1OCC)S(=O)(=O)c1ccccc1. The third-order valence-electron chi connectivity index (χ3n) is 7.27. The molecule has 9 heteroatoms. The van der Waals surface area contributed by atoms with Crippen LogP contribution in [0.5, 0.6) is 5.75 Å². The molecule has 1 atom stereocenters. The molecule has 0 aliphatic carbocycles. The van der Waals surface area contributed by atoms with Gasteiger partial charge in [-0.05, 0) is 61.7 Å². The maximum absolute atomic E-state index is 14.5. The Balaban J connectivity index is 1.83. The normalized spacial score (nSPS) is 11.8. The third-order valence-corrected chi connectivity index (χ3v) is 9.04. The van der Waals surface area contributed by atoms with Gasteiger partial charge in [0.1, 0.15) is 18.3 Å². The molecule has 0 aliphatic rings. The molecule has 2 amide bonds. The number of anilines is 1. The zero-order chi connectivity index (χ0) is 31.5. The van der Waals surface area contributed by atoms with Crippen LogP contribution in [0.4, 0.5) is 5.69 Å². The second kappa shape index (κ2) is 15.2. The minimum absolute atomic E-state index is 0.0362. The molecule has 0 fully saturated rings. The summed E-state index contributed by atoms with van der Waals surface area (Å²) in [6, 6.07) is 31.0. The van der Waals surface area contributed by atoms with E-state index in [1.54, 1.807) is 42.5 Å². The molecule has 0 saturated heterocycles. The van der Waals surface area contributed by atoms with Crippen molar-refractivity contribution in [3.05, 3.63) is 126 Å². The number of nitrogens with one attached hydrogen (secondary N) is 1. The second-order valence-corrected chi connectivity index (χ2v) is 12.1. The summed E-state index contributed by atoms with van der Waals surface area (Å²) >= 11 is 0. The van der Waals surface area contributed by atoms with Gasteiger partial charge in [-0.2, -0.15) is 0 Å². The molecule has 0 radical (unpaired) electrons. The average molecular weight is 614 g/mol.